The molecule has 1 unspecified atom stereocenters. The molecule has 2 aromatic rings. The molecular weight excluding hydrogens is 343 g/mol. The number of rotatable bonds is 5. The van der Waals surface area contributed by atoms with Gasteiger partial charge in [-0.1, -0.05) is 81.6 Å². The lowest BCUT2D eigenvalue weighted by molar-refractivity contribution is 0.730. The van der Waals surface area contributed by atoms with Crippen LogP contribution in [0, 0.1) is 0 Å². The highest BCUT2D eigenvalue weighted by molar-refractivity contribution is 9.09. The van der Waals surface area contributed by atoms with Gasteiger partial charge in [0, 0.05) is 4.83 Å². The van der Waals surface area contributed by atoms with Crippen molar-refractivity contribution in [2.75, 3.05) is 0 Å². The van der Waals surface area contributed by atoms with E-state index < -0.39 is 0 Å². The largest absolute Gasteiger partial charge is 0.0839 e. The van der Waals surface area contributed by atoms with Crippen molar-refractivity contribution in [1.29, 1.82) is 0 Å². The van der Waals surface area contributed by atoms with Gasteiger partial charge in [-0.2, -0.15) is 0 Å². The second-order valence-corrected chi connectivity index (χ2v) is 6.37. The van der Waals surface area contributed by atoms with Crippen molar-refractivity contribution >= 4 is 39.1 Å². The van der Waals surface area contributed by atoms with E-state index in [0.29, 0.717) is 14.9 Å². The molecular formula is C16H15BrCl2. The number of benzene rings is 2. The Morgan fingerprint density at radius 1 is 0.947 bits per heavy atom. The number of hydrogen-bond acceptors (Lipinski definition) is 0. The summed E-state index contributed by atoms with van der Waals surface area (Å²) in [7, 11) is 0. The zero-order valence-electron chi connectivity index (χ0n) is 10.5. The third-order valence-electron chi connectivity index (χ3n) is 3.10. The normalized spacial score (nSPS) is 12.4. The van der Waals surface area contributed by atoms with Crippen LogP contribution in [0.2, 0.25) is 10.0 Å². The monoisotopic (exact) mass is 356 g/mol. The smallest absolute Gasteiger partial charge is 0.0624 e. The van der Waals surface area contributed by atoms with Crippen LogP contribution in [0.25, 0.3) is 0 Å². The first-order chi connectivity index (χ1) is 9.18. The molecule has 2 aromatic carbocycles. The van der Waals surface area contributed by atoms with Gasteiger partial charge in [-0.3, -0.25) is 0 Å². The van der Waals surface area contributed by atoms with Gasteiger partial charge in [-0.15, -0.1) is 0 Å². The van der Waals surface area contributed by atoms with Crippen molar-refractivity contribution in [3.8, 4) is 0 Å². The maximum absolute atomic E-state index is 6.18. The minimum absolute atomic E-state index is 0.395. The van der Waals surface area contributed by atoms with Gasteiger partial charge >= 0.3 is 0 Å². The van der Waals surface area contributed by atoms with E-state index in [0.717, 1.165) is 24.8 Å². The van der Waals surface area contributed by atoms with Gasteiger partial charge in [-0.05, 0) is 36.5 Å². The van der Waals surface area contributed by atoms with Crippen molar-refractivity contribution in [2.24, 2.45) is 0 Å². The number of alkyl halides is 1. The Balaban J connectivity index is 1.88. The minimum atomic E-state index is 0.395. The predicted octanol–water partition coefficient (Wildman–Crippen LogP) is 6.45. The fourth-order valence-electron chi connectivity index (χ4n) is 2.04. The molecule has 0 nitrogen and oxygen atoms in total. The molecule has 0 fully saturated rings. The van der Waals surface area contributed by atoms with E-state index in [1.54, 1.807) is 0 Å². The van der Waals surface area contributed by atoms with Crippen LogP contribution >= 0.6 is 39.1 Å². The molecule has 100 valence electrons. The third kappa shape index (κ3) is 4.24. The average molecular weight is 358 g/mol. The van der Waals surface area contributed by atoms with Crippen molar-refractivity contribution < 1.29 is 0 Å². The van der Waals surface area contributed by atoms with Crippen molar-refractivity contribution in [2.45, 2.75) is 24.1 Å². The first kappa shape index (κ1) is 14.9. The van der Waals surface area contributed by atoms with Gasteiger partial charge in [-0.25, -0.2) is 0 Å². The van der Waals surface area contributed by atoms with Gasteiger partial charge < -0.3 is 0 Å². The minimum Gasteiger partial charge on any atom is -0.0839 e. The lowest BCUT2D eigenvalue weighted by Crippen LogP contribution is -1.93. The molecule has 0 spiro atoms. The molecule has 0 N–H and O–H groups in total. The third-order valence-corrected chi connectivity index (χ3v) is 4.94. The van der Waals surface area contributed by atoms with E-state index in [9.17, 15) is 0 Å². The van der Waals surface area contributed by atoms with Crippen LogP contribution in [0.3, 0.4) is 0 Å². The summed E-state index contributed by atoms with van der Waals surface area (Å²) in [5.41, 5.74) is 2.45. The van der Waals surface area contributed by atoms with Crippen LogP contribution in [-0.4, -0.2) is 0 Å². The average Bonchev–Trinajstić information content (AvgIpc) is 2.44. The Morgan fingerprint density at radius 3 is 2.42 bits per heavy atom. The van der Waals surface area contributed by atoms with E-state index in [2.05, 4.69) is 40.2 Å². The molecule has 0 aliphatic heterocycles. The highest BCUT2D eigenvalue weighted by Gasteiger charge is 2.08. The van der Waals surface area contributed by atoms with E-state index in [1.807, 2.05) is 24.3 Å². The summed E-state index contributed by atoms with van der Waals surface area (Å²) >= 11 is 15.9. The summed E-state index contributed by atoms with van der Waals surface area (Å²) in [4.78, 5) is 0.395. The van der Waals surface area contributed by atoms with Gasteiger partial charge in [0.25, 0.3) is 0 Å². The fourth-order valence-corrected chi connectivity index (χ4v) is 3.09. The summed E-state index contributed by atoms with van der Waals surface area (Å²) in [6, 6.07) is 16.3. The van der Waals surface area contributed by atoms with Crippen LogP contribution in [0.15, 0.2) is 48.5 Å². The molecule has 2 rings (SSSR count). The lowest BCUT2D eigenvalue weighted by Gasteiger charge is -2.10. The van der Waals surface area contributed by atoms with Crippen molar-refractivity contribution in [3.05, 3.63) is 69.7 Å². The Labute approximate surface area is 132 Å². The Morgan fingerprint density at radius 2 is 1.68 bits per heavy atom. The van der Waals surface area contributed by atoms with Gasteiger partial charge in [0.2, 0.25) is 0 Å². The molecule has 0 aliphatic carbocycles. The van der Waals surface area contributed by atoms with E-state index in [-0.39, 0.29) is 0 Å². The second-order valence-electron chi connectivity index (χ2n) is 4.48. The molecule has 19 heavy (non-hydrogen) atoms. The SMILES string of the molecule is Clc1cccc(CCCC(Br)c2ccccc2)c1Cl. The van der Waals surface area contributed by atoms with Gasteiger partial charge in [0.05, 0.1) is 10.0 Å². The molecule has 0 radical (unpaired) electrons. The van der Waals surface area contributed by atoms with E-state index in [1.165, 1.54) is 5.56 Å². The molecule has 0 bridgehead atoms. The Kier molecular flexibility index (Phi) is 5.75. The number of halogens is 3. The summed E-state index contributed by atoms with van der Waals surface area (Å²) < 4.78 is 0. The molecule has 0 aliphatic rings. The molecule has 1 atom stereocenters. The molecule has 0 saturated heterocycles. The van der Waals surface area contributed by atoms with Crippen LogP contribution in [0.4, 0.5) is 0 Å². The lowest BCUT2D eigenvalue weighted by atomic mass is 10.0. The summed E-state index contributed by atoms with van der Waals surface area (Å²) in [6.07, 6.45) is 3.10. The second kappa shape index (κ2) is 7.33. The van der Waals surface area contributed by atoms with Crippen molar-refractivity contribution in [1.82, 2.24) is 0 Å². The fraction of sp³-hybridized carbons (Fsp3) is 0.250. The summed E-state index contributed by atoms with van der Waals surface area (Å²) in [5, 5.41) is 1.33. The van der Waals surface area contributed by atoms with E-state index >= 15 is 0 Å². The molecule has 0 aromatic heterocycles. The Hall–Kier alpha value is -0.500. The highest BCUT2D eigenvalue weighted by atomic mass is 79.9. The Bertz CT molecular complexity index is 526. The number of aryl methyl sites for hydroxylation is 1. The summed E-state index contributed by atoms with van der Waals surface area (Å²) in [5.74, 6) is 0. The zero-order valence-corrected chi connectivity index (χ0v) is 13.5. The first-order valence-electron chi connectivity index (χ1n) is 6.30. The van der Waals surface area contributed by atoms with Crippen LogP contribution in [0.5, 0.6) is 0 Å². The maximum Gasteiger partial charge on any atom is 0.0624 e. The molecule has 0 heterocycles. The van der Waals surface area contributed by atoms with Crippen molar-refractivity contribution in [3.63, 3.8) is 0 Å². The maximum atomic E-state index is 6.18. The van der Waals surface area contributed by atoms with Gasteiger partial charge in [0.1, 0.15) is 0 Å². The quantitative estimate of drug-likeness (QED) is 0.539. The highest BCUT2D eigenvalue weighted by Crippen LogP contribution is 2.30. The summed E-state index contributed by atoms with van der Waals surface area (Å²) in [6.45, 7) is 0. The number of hydrogen-bond donors (Lipinski definition) is 0. The first-order valence-corrected chi connectivity index (χ1v) is 7.97. The van der Waals surface area contributed by atoms with Crippen LogP contribution in [-0.2, 0) is 6.42 Å². The zero-order chi connectivity index (χ0) is 13.7. The molecule has 3 heteroatoms. The predicted molar refractivity (Wildman–Crippen MR) is 87.5 cm³/mol. The standard InChI is InChI=1S/C16H15BrCl2/c17-14(12-6-2-1-3-7-12)10-4-8-13-9-5-11-15(18)16(13)19/h1-3,5-7,9,11,14H,4,8,10H2. The van der Waals surface area contributed by atoms with Gasteiger partial charge in [0.15, 0.2) is 0 Å². The van der Waals surface area contributed by atoms with Crippen LogP contribution < -0.4 is 0 Å². The molecule has 0 saturated carbocycles. The van der Waals surface area contributed by atoms with E-state index in [4.69, 9.17) is 23.2 Å². The topological polar surface area (TPSA) is 0 Å². The molecule has 0 amide bonds. The van der Waals surface area contributed by atoms with Crippen LogP contribution in [0.1, 0.15) is 28.8 Å².